The van der Waals surface area contributed by atoms with E-state index in [1.165, 1.54) is 6.07 Å². The molecular formula is C10H13CoF2N3O4-2. The maximum absolute atomic E-state index is 13.6. The Labute approximate surface area is 121 Å². The van der Waals surface area contributed by atoms with Gasteiger partial charge in [-0.3, -0.25) is 4.57 Å². The number of ether oxygens (including phenoxy) is 1. The van der Waals surface area contributed by atoms with Crippen LogP contribution in [-0.2, 0) is 24.3 Å². The molecule has 3 atom stereocenters. The van der Waals surface area contributed by atoms with Gasteiger partial charge in [-0.05, 0) is 12.2 Å². The fourth-order valence-electron chi connectivity index (χ4n) is 1.58. The first-order valence-corrected chi connectivity index (χ1v) is 5.29. The van der Waals surface area contributed by atoms with Gasteiger partial charge in [0.2, 0.25) is 6.23 Å². The van der Waals surface area contributed by atoms with Crippen LogP contribution in [0.1, 0.15) is 6.23 Å². The summed E-state index contributed by atoms with van der Waals surface area (Å²) in [6, 6.07) is 1.18. The number of nitrogen functional groups attached to an aromatic ring is 1. The van der Waals surface area contributed by atoms with E-state index in [0.717, 1.165) is 6.20 Å². The van der Waals surface area contributed by atoms with Crippen molar-refractivity contribution in [3.63, 3.8) is 0 Å². The minimum absolute atomic E-state index is 0. The van der Waals surface area contributed by atoms with Crippen molar-refractivity contribution < 1.29 is 38.2 Å². The number of alkyl halides is 2. The van der Waals surface area contributed by atoms with Crippen molar-refractivity contribution in [1.29, 1.82) is 0 Å². The summed E-state index contributed by atoms with van der Waals surface area (Å²) in [5, 5.41) is 9.20. The Morgan fingerprint density at radius 3 is 2.50 bits per heavy atom. The zero-order valence-corrected chi connectivity index (χ0v) is 11.4. The van der Waals surface area contributed by atoms with Crippen LogP contribution in [-0.4, -0.2) is 32.8 Å². The van der Waals surface area contributed by atoms with E-state index >= 15 is 0 Å². The Balaban J connectivity index is 0.00000115. The molecule has 0 amide bonds. The van der Waals surface area contributed by atoms with Gasteiger partial charge < -0.3 is 29.9 Å². The van der Waals surface area contributed by atoms with Crippen molar-refractivity contribution >= 4 is 5.82 Å². The van der Waals surface area contributed by atoms with Crippen LogP contribution in [0.3, 0.4) is 0 Å². The summed E-state index contributed by atoms with van der Waals surface area (Å²) >= 11 is 2.31. The van der Waals surface area contributed by atoms with Gasteiger partial charge in [-0.1, -0.05) is 0 Å². The summed E-state index contributed by atoms with van der Waals surface area (Å²) in [5.74, 6) is -3.70. The Morgan fingerprint density at radius 1 is 1.55 bits per heavy atom. The first-order valence-electron chi connectivity index (χ1n) is 4.86. The Morgan fingerprint density at radius 2 is 2.10 bits per heavy atom. The van der Waals surface area contributed by atoms with Crippen molar-refractivity contribution in [3.05, 3.63) is 37.1 Å². The molecule has 1 saturated heterocycles. The average molecular weight is 336 g/mol. The van der Waals surface area contributed by atoms with Gasteiger partial charge in [0.15, 0.2) is 0 Å². The zero-order chi connectivity index (χ0) is 14.8. The fourth-order valence-corrected chi connectivity index (χ4v) is 1.58. The predicted octanol–water partition coefficient (Wildman–Crippen LogP) is -0.118. The number of rotatable bonds is 1. The molecule has 2 rings (SSSR count). The van der Waals surface area contributed by atoms with Gasteiger partial charge >= 0.3 is 31.1 Å². The molecule has 0 bridgehead atoms. The van der Waals surface area contributed by atoms with Gasteiger partial charge in [0, 0.05) is 6.20 Å². The fraction of sp³-hybridized carbons (Fsp3) is 0.400. The summed E-state index contributed by atoms with van der Waals surface area (Å²) < 4.78 is 40.4. The van der Waals surface area contributed by atoms with E-state index in [9.17, 15) is 18.7 Å². The summed E-state index contributed by atoms with van der Waals surface area (Å²) in [4.78, 5) is 14.7. The van der Waals surface area contributed by atoms with Gasteiger partial charge in [0.05, 0.1) is 0 Å². The molecule has 117 valence electrons. The third-order valence-electron chi connectivity index (χ3n) is 2.48. The normalized spacial score (nSPS) is 27.1. The Bertz CT molecular complexity index is 514. The Kier molecular flexibility index (Phi) is 6.54. The maximum atomic E-state index is 13.6. The number of aliphatic hydroxyl groups excluding tert-OH is 1. The molecule has 3 unspecified atom stereocenters. The first-order chi connectivity index (χ1) is 8.84. The quantitative estimate of drug-likeness (QED) is 0.693. The second kappa shape index (κ2) is 6.97. The predicted molar refractivity (Wildman–Crippen MR) is 60.2 cm³/mol. The van der Waals surface area contributed by atoms with E-state index in [0.29, 0.717) is 4.57 Å². The standard InChI is InChI=1S/C9H10F2N3O3.CH3.Co.O/c1-4-6(15)9(10,11)7(17-4)14-3-2-5(12)13-8(14)16;;;/h2-4,6-7,15H,1H2,(H2,12,13,16);1H3;;/q2*-1;;. The summed E-state index contributed by atoms with van der Waals surface area (Å²) in [5.41, 5.74) is 4.26. The molecule has 10 heteroatoms. The van der Waals surface area contributed by atoms with Crippen molar-refractivity contribution in [2.24, 2.45) is 0 Å². The number of aliphatic hydroxyl groups is 1. The molecule has 20 heavy (non-hydrogen) atoms. The molecule has 1 aliphatic rings. The topological polar surface area (TPSA) is 107 Å². The molecule has 0 aromatic carbocycles. The number of halogens is 2. The molecule has 3 N–H and O–H groups in total. The van der Waals surface area contributed by atoms with Crippen LogP contribution in [0.15, 0.2) is 17.1 Å². The molecule has 2 heterocycles. The molecule has 0 spiro atoms. The van der Waals surface area contributed by atoms with Crippen LogP contribution in [0.4, 0.5) is 14.6 Å². The van der Waals surface area contributed by atoms with Crippen molar-refractivity contribution in [2.75, 3.05) is 5.73 Å². The second-order valence-corrected chi connectivity index (χ2v) is 3.69. The summed E-state index contributed by atoms with van der Waals surface area (Å²) in [6.45, 7) is 3.22. The number of aromatic nitrogens is 2. The van der Waals surface area contributed by atoms with Crippen molar-refractivity contribution in [2.45, 2.75) is 24.4 Å². The first kappa shape index (κ1) is 18.8. The number of hydrogen-bond acceptors (Lipinski definition) is 6. The van der Waals surface area contributed by atoms with Crippen molar-refractivity contribution in [3.8, 4) is 0 Å². The summed E-state index contributed by atoms with van der Waals surface area (Å²) in [7, 11) is 0. The monoisotopic (exact) mass is 336 g/mol. The van der Waals surface area contributed by atoms with Gasteiger partial charge in [0.1, 0.15) is 11.9 Å². The molecule has 1 aromatic heterocycles. The van der Waals surface area contributed by atoms with E-state index < -0.39 is 30.0 Å². The van der Waals surface area contributed by atoms with Crippen LogP contribution in [0.25, 0.3) is 0 Å². The Hall–Kier alpha value is -1.23. The molecule has 0 radical (unpaired) electrons. The van der Waals surface area contributed by atoms with Gasteiger partial charge in [0.25, 0.3) is 0 Å². The van der Waals surface area contributed by atoms with E-state index in [-0.39, 0.29) is 13.2 Å². The molecule has 0 saturated carbocycles. The molecule has 1 fully saturated rings. The number of nitrogens with zero attached hydrogens (tertiary/aromatic N) is 2. The third-order valence-corrected chi connectivity index (χ3v) is 2.48. The number of nitrogens with two attached hydrogens (primary N) is 1. The number of hydrogen-bond donors (Lipinski definition) is 2. The molecular weight excluding hydrogens is 323 g/mol. The third kappa shape index (κ3) is 3.26. The van der Waals surface area contributed by atoms with E-state index in [1.54, 1.807) is 0 Å². The van der Waals surface area contributed by atoms with Crippen LogP contribution in [0.5, 0.6) is 0 Å². The van der Waals surface area contributed by atoms with Crippen molar-refractivity contribution in [1.82, 2.24) is 9.55 Å². The van der Waals surface area contributed by atoms with Crippen LogP contribution in [0.2, 0.25) is 0 Å². The second-order valence-electron chi connectivity index (χ2n) is 3.69. The van der Waals surface area contributed by atoms with Gasteiger partial charge in [-0.25, -0.2) is 4.79 Å². The van der Waals surface area contributed by atoms with E-state index in [2.05, 4.69) is 27.6 Å². The summed E-state index contributed by atoms with van der Waals surface area (Å²) in [6.07, 6.45) is -4.29. The van der Waals surface area contributed by atoms with E-state index in [4.69, 9.17) is 14.3 Å². The molecule has 0 aliphatic carbocycles. The van der Waals surface area contributed by atoms with Gasteiger partial charge in [-0.15, -0.1) is 0 Å². The SMILES string of the molecule is [CH2-]C1OC(n2ccc(N)nc2=O)C(F)(F)C1O.[CH3-].[O]=[Co]. The zero-order valence-electron chi connectivity index (χ0n) is 10.3. The van der Waals surface area contributed by atoms with Gasteiger partial charge in [-0.2, -0.15) is 13.8 Å². The molecule has 1 aromatic rings. The molecule has 7 nitrogen and oxygen atoms in total. The minimum atomic E-state index is -3.62. The van der Waals surface area contributed by atoms with Crippen LogP contribution >= 0.6 is 0 Å². The average Bonchev–Trinajstić information content (AvgIpc) is 2.56. The van der Waals surface area contributed by atoms with E-state index in [1.807, 2.05) is 0 Å². The number of anilines is 1. The van der Waals surface area contributed by atoms with Crippen LogP contribution in [0, 0.1) is 14.4 Å². The van der Waals surface area contributed by atoms with Crippen LogP contribution < -0.4 is 11.4 Å². The molecule has 1 aliphatic heterocycles.